The molecule has 0 aliphatic heterocycles. The first-order valence-electron chi connectivity index (χ1n) is 11.1. The normalized spacial score (nSPS) is 14.6. The molecule has 1 heterocycles. The van der Waals surface area contributed by atoms with Gasteiger partial charge in [0.25, 0.3) is 5.91 Å². The lowest BCUT2D eigenvalue weighted by molar-refractivity contribution is 0.0895. The molecule has 5 heteroatoms. The highest BCUT2D eigenvalue weighted by atomic mass is 35.5. The van der Waals surface area contributed by atoms with E-state index in [2.05, 4.69) is 34.5 Å². The molecule has 2 aromatic carbocycles. The Balaban J connectivity index is 1.43. The van der Waals surface area contributed by atoms with E-state index in [0.29, 0.717) is 12.3 Å². The van der Waals surface area contributed by atoms with E-state index < -0.39 is 0 Å². The Morgan fingerprint density at radius 3 is 2.26 bits per heavy atom. The van der Waals surface area contributed by atoms with E-state index in [0.717, 1.165) is 36.7 Å². The van der Waals surface area contributed by atoms with Crippen molar-refractivity contribution in [2.75, 3.05) is 0 Å². The van der Waals surface area contributed by atoms with Crippen LogP contribution in [0.1, 0.15) is 59.5 Å². The molecule has 0 radical (unpaired) electrons. The maximum absolute atomic E-state index is 12.6. The Morgan fingerprint density at radius 1 is 0.871 bits per heavy atom. The second kappa shape index (κ2) is 10.7. The predicted molar refractivity (Wildman–Crippen MR) is 124 cm³/mol. The molecule has 1 aliphatic rings. The summed E-state index contributed by atoms with van der Waals surface area (Å²) in [5.74, 6) is 1.08. The van der Waals surface area contributed by atoms with Crippen molar-refractivity contribution in [3.8, 4) is 0 Å². The summed E-state index contributed by atoms with van der Waals surface area (Å²) in [6.07, 6.45) is 5.76. The number of carbonyl (C=O) groups is 1. The number of furan rings is 1. The van der Waals surface area contributed by atoms with Gasteiger partial charge in [0, 0.05) is 24.2 Å². The van der Waals surface area contributed by atoms with Crippen LogP contribution in [0.25, 0.3) is 0 Å². The summed E-state index contributed by atoms with van der Waals surface area (Å²) < 4.78 is 5.94. The first kappa shape index (κ1) is 21.7. The monoisotopic (exact) mass is 436 g/mol. The predicted octanol–water partition coefficient (Wildman–Crippen LogP) is 6.20. The van der Waals surface area contributed by atoms with Crippen LogP contribution in [-0.2, 0) is 19.6 Å². The molecule has 3 aromatic rings. The highest BCUT2D eigenvalue weighted by Gasteiger charge is 2.19. The molecule has 1 N–H and O–H groups in total. The first-order valence-corrected chi connectivity index (χ1v) is 11.4. The van der Waals surface area contributed by atoms with Crippen LogP contribution in [-0.4, -0.2) is 16.8 Å². The van der Waals surface area contributed by atoms with Gasteiger partial charge in [0.2, 0.25) is 0 Å². The molecule has 1 aliphatic carbocycles. The van der Waals surface area contributed by atoms with E-state index in [1.165, 1.54) is 30.4 Å². The molecule has 162 valence electrons. The van der Waals surface area contributed by atoms with Crippen LogP contribution in [0.2, 0.25) is 5.02 Å². The van der Waals surface area contributed by atoms with Gasteiger partial charge in [-0.25, -0.2) is 0 Å². The maximum atomic E-state index is 12.6. The van der Waals surface area contributed by atoms with Crippen molar-refractivity contribution in [1.82, 2.24) is 10.2 Å². The Labute approximate surface area is 189 Å². The number of amides is 1. The summed E-state index contributed by atoms with van der Waals surface area (Å²) in [6.45, 7) is 2.17. The van der Waals surface area contributed by atoms with Gasteiger partial charge in [-0.15, -0.1) is 0 Å². The zero-order chi connectivity index (χ0) is 21.5. The Morgan fingerprint density at radius 2 is 1.55 bits per heavy atom. The van der Waals surface area contributed by atoms with Crippen LogP contribution >= 0.6 is 11.6 Å². The fraction of sp³-hybridized carbons (Fsp3) is 0.346. The molecule has 1 fully saturated rings. The fourth-order valence-corrected chi connectivity index (χ4v) is 4.29. The lowest BCUT2D eigenvalue weighted by Gasteiger charge is -2.22. The number of hydrogen-bond acceptors (Lipinski definition) is 3. The lowest BCUT2D eigenvalue weighted by Crippen LogP contribution is -2.35. The van der Waals surface area contributed by atoms with Gasteiger partial charge in [-0.05, 0) is 48.2 Å². The molecule has 1 amide bonds. The molecule has 0 unspecified atom stereocenters. The molecule has 0 saturated heterocycles. The number of carbonyl (C=O) groups excluding carboxylic acids is 1. The Hall–Kier alpha value is -2.56. The largest absolute Gasteiger partial charge is 0.455 e. The number of nitrogens with one attached hydrogen (secondary N) is 1. The van der Waals surface area contributed by atoms with Gasteiger partial charge in [-0.3, -0.25) is 9.69 Å². The number of nitrogens with zero attached hydrogens (tertiary/aromatic N) is 1. The molecular formula is C26H29ClN2O2. The molecule has 1 saturated carbocycles. The minimum atomic E-state index is -0.106. The van der Waals surface area contributed by atoms with E-state index in [4.69, 9.17) is 16.0 Å². The van der Waals surface area contributed by atoms with Crippen LogP contribution in [0.3, 0.4) is 0 Å². The molecule has 31 heavy (non-hydrogen) atoms. The second-order valence-corrected chi connectivity index (χ2v) is 8.77. The number of halogens is 1. The number of benzene rings is 2. The van der Waals surface area contributed by atoms with Gasteiger partial charge in [0.15, 0.2) is 5.76 Å². The van der Waals surface area contributed by atoms with Crippen LogP contribution < -0.4 is 5.32 Å². The maximum Gasteiger partial charge on any atom is 0.287 e. The highest BCUT2D eigenvalue weighted by Crippen LogP contribution is 2.20. The van der Waals surface area contributed by atoms with Gasteiger partial charge in [0.05, 0.1) is 6.54 Å². The SMILES string of the molecule is O=C(NC1CCCCC1)c1ccc(CN(Cc2ccccc2)Cc2ccc(Cl)cc2)o1. The Bertz CT molecular complexity index is 963. The summed E-state index contributed by atoms with van der Waals surface area (Å²) >= 11 is 6.04. The second-order valence-electron chi connectivity index (χ2n) is 8.33. The van der Waals surface area contributed by atoms with Crippen LogP contribution in [0, 0.1) is 0 Å². The van der Waals surface area contributed by atoms with E-state index in [1.807, 2.05) is 36.4 Å². The van der Waals surface area contributed by atoms with Crippen molar-refractivity contribution in [3.05, 3.63) is 94.4 Å². The minimum Gasteiger partial charge on any atom is -0.455 e. The van der Waals surface area contributed by atoms with E-state index in [-0.39, 0.29) is 11.9 Å². The van der Waals surface area contributed by atoms with Crippen molar-refractivity contribution in [2.24, 2.45) is 0 Å². The molecule has 1 aromatic heterocycles. The van der Waals surface area contributed by atoms with Crippen molar-refractivity contribution in [3.63, 3.8) is 0 Å². The van der Waals surface area contributed by atoms with Gasteiger partial charge >= 0.3 is 0 Å². The average Bonchev–Trinajstić information content (AvgIpc) is 3.25. The third-order valence-corrected chi connectivity index (χ3v) is 6.03. The fourth-order valence-electron chi connectivity index (χ4n) is 4.17. The standard InChI is InChI=1S/C26H29ClN2O2/c27-22-13-11-21(12-14-22)18-29(17-20-7-3-1-4-8-20)19-24-15-16-25(31-24)26(30)28-23-9-5-2-6-10-23/h1,3-4,7-8,11-16,23H,2,5-6,9-10,17-19H2,(H,28,30). The third-order valence-electron chi connectivity index (χ3n) is 5.77. The zero-order valence-electron chi connectivity index (χ0n) is 17.7. The number of rotatable bonds is 8. The molecular weight excluding hydrogens is 408 g/mol. The van der Waals surface area contributed by atoms with E-state index >= 15 is 0 Å². The summed E-state index contributed by atoms with van der Waals surface area (Å²) in [5, 5.41) is 3.86. The van der Waals surface area contributed by atoms with Crippen molar-refractivity contribution in [2.45, 2.75) is 57.8 Å². The van der Waals surface area contributed by atoms with Crippen molar-refractivity contribution >= 4 is 17.5 Å². The molecule has 0 bridgehead atoms. The number of hydrogen-bond donors (Lipinski definition) is 1. The molecule has 4 nitrogen and oxygen atoms in total. The first-order chi connectivity index (χ1) is 15.2. The average molecular weight is 437 g/mol. The third kappa shape index (κ3) is 6.46. The quantitative estimate of drug-likeness (QED) is 0.457. The van der Waals surface area contributed by atoms with Gasteiger partial charge < -0.3 is 9.73 Å². The summed E-state index contributed by atoms with van der Waals surface area (Å²) in [7, 11) is 0. The highest BCUT2D eigenvalue weighted by molar-refractivity contribution is 6.30. The molecule has 0 spiro atoms. The molecule has 4 rings (SSSR count). The van der Waals surface area contributed by atoms with Crippen LogP contribution in [0.15, 0.2) is 71.1 Å². The van der Waals surface area contributed by atoms with Crippen molar-refractivity contribution < 1.29 is 9.21 Å². The summed E-state index contributed by atoms with van der Waals surface area (Å²) in [6, 6.07) is 22.3. The zero-order valence-corrected chi connectivity index (χ0v) is 18.5. The summed E-state index contributed by atoms with van der Waals surface area (Å²) in [4.78, 5) is 14.9. The van der Waals surface area contributed by atoms with Gasteiger partial charge in [-0.1, -0.05) is 73.3 Å². The smallest absolute Gasteiger partial charge is 0.287 e. The van der Waals surface area contributed by atoms with Crippen molar-refractivity contribution in [1.29, 1.82) is 0 Å². The summed E-state index contributed by atoms with van der Waals surface area (Å²) in [5.41, 5.74) is 2.42. The topological polar surface area (TPSA) is 45.5 Å². The lowest BCUT2D eigenvalue weighted by atomic mass is 9.95. The van der Waals surface area contributed by atoms with Gasteiger partial charge in [-0.2, -0.15) is 0 Å². The van der Waals surface area contributed by atoms with Crippen LogP contribution in [0.4, 0.5) is 0 Å². The van der Waals surface area contributed by atoms with E-state index in [9.17, 15) is 4.79 Å². The minimum absolute atomic E-state index is 0.106. The Kier molecular flexibility index (Phi) is 7.44. The van der Waals surface area contributed by atoms with Gasteiger partial charge in [0.1, 0.15) is 5.76 Å². The molecule has 0 atom stereocenters. The van der Waals surface area contributed by atoms with E-state index in [1.54, 1.807) is 6.07 Å². The van der Waals surface area contributed by atoms with Crippen LogP contribution in [0.5, 0.6) is 0 Å².